The average molecular weight is 145 g/mol. The van der Waals surface area contributed by atoms with E-state index in [1.165, 1.54) is 5.04 Å². The lowest BCUT2D eigenvalue weighted by Crippen LogP contribution is -1.93. The van der Waals surface area contributed by atoms with Crippen LogP contribution in [0.5, 0.6) is 0 Å². The molecule has 0 fully saturated rings. The van der Waals surface area contributed by atoms with Crippen LogP contribution in [-0.2, 0) is 0 Å². The van der Waals surface area contributed by atoms with Crippen molar-refractivity contribution in [2.45, 2.75) is 32.9 Å². The van der Waals surface area contributed by atoms with E-state index in [4.69, 9.17) is 0 Å². The molecule has 0 aliphatic rings. The molecule has 0 spiro atoms. The fraction of sp³-hybridized carbons (Fsp3) is 0.857. The minimum Gasteiger partial charge on any atom is -0.284 e. The van der Waals surface area contributed by atoms with E-state index in [0.29, 0.717) is 5.25 Å². The Hall–Kier alpha value is 0.0200. The van der Waals surface area contributed by atoms with Gasteiger partial charge >= 0.3 is 0 Å². The topological polar surface area (TPSA) is 12.4 Å². The van der Waals surface area contributed by atoms with E-state index >= 15 is 0 Å². The van der Waals surface area contributed by atoms with Gasteiger partial charge in [-0.25, -0.2) is 0 Å². The zero-order valence-electron chi connectivity index (χ0n) is 6.64. The van der Waals surface area contributed by atoms with Gasteiger partial charge in [-0.3, -0.25) is 4.99 Å². The first-order valence-corrected chi connectivity index (χ1v) is 4.22. The maximum atomic E-state index is 4.24. The molecular formula is C7H15NS. The molecule has 0 rings (SSSR count). The molecule has 0 aromatic carbocycles. The summed E-state index contributed by atoms with van der Waals surface area (Å²) in [5.41, 5.74) is 0. The monoisotopic (exact) mass is 145 g/mol. The first kappa shape index (κ1) is 9.02. The average Bonchev–Trinajstić information content (AvgIpc) is 1.63. The van der Waals surface area contributed by atoms with Crippen LogP contribution in [0.15, 0.2) is 4.99 Å². The summed E-state index contributed by atoms with van der Waals surface area (Å²) in [4.78, 5) is 4.24. The van der Waals surface area contributed by atoms with Crippen LogP contribution in [0.1, 0.15) is 27.7 Å². The lowest BCUT2D eigenvalue weighted by atomic mass is 10.6. The predicted octanol–water partition coefficient (Wildman–Crippen LogP) is 2.57. The molecule has 9 heavy (non-hydrogen) atoms. The van der Waals surface area contributed by atoms with Crippen molar-refractivity contribution in [1.82, 2.24) is 0 Å². The Morgan fingerprint density at radius 2 is 2.11 bits per heavy atom. The third-order valence-electron chi connectivity index (χ3n) is 0.787. The fourth-order valence-corrected chi connectivity index (χ4v) is 1.49. The van der Waals surface area contributed by atoms with Gasteiger partial charge in [0.05, 0.1) is 5.04 Å². The molecule has 0 radical (unpaired) electrons. The molecule has 0 aliphatic carbocycles. The van der Waals surface area contributed by atoms with Gasteiger partial charge in [0.1, 0.15) is 0 Å². The predicted molar refractivity (Wildman–Crippen MR) is 46.4 cm³/mol. The van der Waals surface area contributed by atoms with Crippen molar-refractivity contribution in [2.24, 2.45) is 4.99 Å². The first-order chi connectivity index (χ1) is 4.16. The Bertz CT molecular complexity index is 97.1. The standard InChI is InChI=1S/C7H15NS/c1-5-8-7(4)9-6(2)3/h6H,5H2,1-4H3. The Labute approximate surface area is 61.9 Å². The van der Waals surface area contributed by atoms with Crippen LogP contribution < -0.4 is 0 Å². The van der Waals surface area contributed by atoms with Crippen molar-refractivity contribution in [3.8, 4) is 0 Å². The van der Waals surface area contributed by atoms with Gasteiger partial charge in [0.25, 0.3) is 0 Å². The second-order valence-electron chi connectivity index (χ2n) is 2.16. The second kappa shape index (κ2) is 4.86. The van der Waals surface area contributed by atoms with Gasteiger partial charge in [-0.2, -0.15) is 0 Å². The summed E-state index contributed by atoms with van der Waals surface area (Å²) in [6.07, 6.45) is 0. The van der Waals surface area contributed by atoms with Crippen molar-refractivity contribution in [1.29, 1.82) is 0 Å². The maximum Gasteiger partial charge on any atom is 0.0647 e. The highest BCUT2D eigenvalue weighted by atomic mass is 32.2. The van der Waals surface area contributed by atoms with Gasteiger partial charge in [0.2, 0.25) is 0 Å². The summed E-state index contributed by atoms with van der Waals surface area (Å²) >= 11 is 1.83. The Morgan fingerprint density at radius 1 is 1.56 bits per heavy atom. The van der Waals surface area contributed by atoms with Crippen LogP contribution in [0, 0.1) is 0 Å². The van der Waals surface area contributed by atoms with Crippen molar-refractivity contribution >= 4 is 16.8 Å². The third-order valence-corrected chi connectivity index (χ3v) is 1.73. The largest absolute Gasteiger partial charge is 0.284 e. The van der Waals surface area contributed by atoms with E-state index in [-0.39, 0.29) is 0 Å². The molecule has 0 amide bonds. The lowest BCUT2D eigenvalue weighted by Gasteiger charge is -2.01. The van der Waals surface area contributed by atoms with E-state index in [1.54, 1.807) is 0 Å². The van der Waals surface area contributed by atoms with E-state index in [2.05, 4.69) is 32.7 Å². The fourth-order valence-electron chi connectivity index (χ4n) is 0.601. The third kappa shape index (κ3) is 5.90. The van der Waals surface area contributed by atoms with Crippen LogP contribution >= 0.6 is 11.8 Å². The molecule has 0 atom stereocenters. The quantitative estimate of drug-likeness (QED) is 0.429. The summed E-state index contributed by atoms with van der Waals surface area (Å²) in [7, 11) is 0. The van der Waals surface area contributed by atoms with Gasteiger partial charge in [0.15, 0.2) is 0 Å². The van der Waals surface area contributed by atoms with Crippen LogP contribution in [0.25, 0.3) is 0 Å². The van der Waals surface area contributed by atoms with Crippen molar-refractivity contribution in [3.05, 3.63) is 0 Å². The SMILES string of the molecule is CCN=C(C)SC(C)C. The smallest absolute Gasteiger partial charge is 0.0647 e. The van der Waals surface area contributed by atoms with Crippen LogP contribution in [0.3, 0.4) is 0 Å². The molecule has 0 aromatic heterocycles. The number of thioether (sulfide) groups is 1. The molecule has 0 saturated carbocycles. The summed E-state index contributed by atoms with van der Waals surface area (Å²) in [5, 5.41) is 1.87. The Morgan fingerprint density at radius 3 is 2.44 bits per heavy atom. The molecule has 1 nitrogen and oxygen atoms in total. The number of hydrogen-bond donors (Lipinski definition) is 0. The van der Waals surface area contributed by atoms with Crippen molar-refractivity contribution < 1.29 is 0 Å². The van der Waals surface area contributed by atoms with Crippen LogP contribution in [0.4, 0.5) is 0 Å². The number of aliphatic imine (C=N–C) groups is 1. The molecule has 0 unspecified atom stereocenters. The molecule has 0 saturated heterocycles. The van der Waals surface area contributed by atoms with Gasteiger partial charge in [0, 0.05) is 11.8 Å². The van der Waals surface area contributed by atoms with Gasteiger partial charge < -0.3 is 0 Å². The molecule has 0 aliphatic heterocycles. The maximum absolute atomic E-state index is 4.24. The molecule has 0 bridgehead atoms. The van der Waals surface area contributed by atoms with E-state index in [0.717, 1.165) is 6.54 Å². The van der Waals surface area contributed by atoms with E-state index in [1.807, 2.05) is 11.8 Å². The molecule has 0 aromatic rings. The van der Waals surface area contributed by atoms with Gasteiger partial charge in [-0.15, -0.1) is 11.8 Å². The molecular weight excluding hydrogens is 130 g/mol. The zero-order valence-corrected chi connectivity index (χ0v) is 7.46. The molecule has 0 heterocycles. The van der Waals surface area contributed by atoms with Crippen LogP contribution in [-0.4, -0.2) is 16.8 Å². The number of hydrogen-bond acceptors (Lipinski definition) is 2. The minimum atomic E-state index is 0.667. The van der Waals surface area contributed by atoms with Crippen molar-refractivity contribution in [2.75, 3.05) is 6.54 Å². The minimum absolute atomic E-state index is 0.667. The summed E-state index contributed by atoms with van der Waals surface area (Å²) < 4.78 is 0. The van der Waals surface area contributed by atoms with Gasteiger partial charge in [-0.1, -0.05) is 13.8 Å². The van der Waals surface area contributed by atoms with Crippen molar-refractivity contribution in [3.63, 3.8) is 0 Å². The normalized spacial score (nSPS) is 12.8. The number of nitrogens with zero attached hydrogens (tertiary/aromatic N) is 1. The summed E-state index contributed by atoms with van der Waals surface area (Å²) in [5.74, 6) is 0. The summed E-state index contributed by atoms with van der Waals surface area (Å²) in [6, 6.07) is 0. The molecule has 2 heteroatoms. The Kier molecular flexibility index (Phi) is 4.87. The van der Waals surface area contributed by atoms with E-state index in [9.17, 15) is 0 Å². The molecule has 0 N–H and O–H groups in total. The molecule has 54 valence electrons. The highest BCUT2D eigenvalue weighted by Crippen LogP contribution is 2.10. The Balaban J connectivity index is 3.49. The lowest BCUT2D eigenvalue weighted by molar-refractivity contribution is 1.11. The first-order valence-electron chi connectivity index (χ1n) is 3.34. The second-order valence-corrected chi connectivity index (χ2v) is 3.93. The van der Waals surface area contributed by atoms with Gasteiger partial charge in [-0.05, 0) is 13.8 Å². The zero-order chi connectivity index (χ0) is 7.28. The van der Waals surface area contributed by atoms with E-state index < -0.39 is 0 Å². The summed E-state index contributed by atoms with van der Waals surface area (Å²) in [6.45, 7) is 9.39. The highest BCUT2D eigenvalue weighted by Gasteiger charge is 1.94. The van der Waals surface area contributed by atoms with Crippen LogP contribution in [0.2, 0.25) is 0 Å². The highest BCUT2D eigenvalue weighted by molar-refractivity contribution is 8.14. The number of rotatable bonds is 2.